The van der Waals surface area contributed by atoms with Gasteiger partial charge in [0.25, 0.3) is 5.91 Å². The molecule has 7 nitrogen and oxygen atoms in total. The van der Waals surface area contributed by atoms with E-state index in [2.05, 4.69) is 15.6 Å². The molecule has 2 N–H and O–H groups in total. The number of fused-ring (bicyclic) bond motifs is 1. The average molecular weight is 395 g/mol. The Morgan fingerprint density at radius 1 is 1.21 bits per heavy atom. The number of imidazole rings is 1. The van der Waals surface area contributed by atoms with Crippen molar-refractivity contribution in [1.29, 1.82) is 0 Å². The Morgan fingerprint density at radius 3 is 2.54 bits per heavy atom. The van der Waals surface area contributed by atoms with E-state index in [4.69, 9.17) is 0 Å². The van der Waals surface area contributed by atoms with E-state index in [-0.39, 0.29) is 29.9 Å². The van der Waals surface area contributed by atoms with Crippen molar-refractivity contribution in [2.45, 2.75) is 39.4 Å². The van der Waals surface area contributed by atoms with Crippen LogP contribution < -0.4 is 10.6 Å². The highest BCUT2D eigenvalue weighted by molar-refractivity contribution is 5.94. The molecular formula is C18H20F3N5O2. The van der Waals surface area contributed by atoms with Crippen LogP contribution in [0.1, 0.15) is 36.5 Å². The molecule has 3 rings (SSSR count). The number of nitrogens with one attached hydrogen (secondary N) is 2. The number of carbonyl (C=O) groups is 2. The van der Waals surface area contributed by atoms with Crippen LogP contribution in [0, 0.1) is 17.5 Å². The van der Waals surface area contributed by atoms with Crippen molar-refractivity contribution < 1.29 is 22.8 Å². The normalized spacial score (nSPS) is 14.4. The van der Waals surface area contributed by atoms with Gasteiger partial charge in [-0.2, -0.15) is 0 Å². The first-order valence-electron chi connectivity index (χ1n) is 8.85. The topological polar surface area (TPSA) is 79.3 Å². The van der Waals surface area contributed by atoms with Crippen LogP contribution in [0.15, 0.2) is 18.5 Å². The summed E-state index contributed by atoms with van der Waals surface area (Å²) in [5.41, 5.74) is 0.602. The van der Waals surface area contributed by atoms with Crippen LogP contribution >= 0.6 is 0 Å². The van der Waals surface area contributed by atoms with E-state index < -0.39 is 23.5 Å². The Labute approximate surface area is 159 Å². The maximum atomic E-state index is 13.3. The summed E-state index contributed by atoms with van der Waals surface area (Å²) in [5, 5.41) is 5.17. The summed E-state index contributed by atoms with van der Waals surface area (Å²) in [6, 6.07) is 0.771. The molecule has 2 aromatic rings. The van der Waals surface area contributed by atoms with Crippen molar-refractivity contribution in [3.8, 4) is 0 Å². The fourth-order valence-electron chi connectivity index (χ4n) is 2.84. The predicted molar refractivity (Wildman–Crippen MR) is 95.2 cm³/mol. The lowest BCUT2D eigenvalue weighted by molar-refractivity contribution is 0.0931. The fraction of sp³-hybridized carbons (Fsp3) is 0.389. The third-order valence-corrected chi connectivity index (χ3v) is 4.62. The Morgan fingerprint density at radius 2 is 1.89 bits per heavy atom. The zero-order valence-electron chi connectivity index (χ0n) is 15.4. The smallest absolute Gasteiger partial charge is 0.322 e. The summed E-state index contributed by atoms with van der Waals surface area (Å²) < 4.78 is 41.5. The Hall–Kier alpha value is -3.04. The number of rotatable bonds is 4. The summed E-state index contributed by atoms with van der Waals surface area (Å²) in [4.78, 5) is 30.4. The molecule has 10 heteroatoms. The van der Waals surface area contributed by atoms with Gasteiger partial charge in [-0.25, -0.2) is 22.9 Å². The summed E-state index contributed by atoms with van der Waals surface area (Å²) >= 11 is 0. The molecule has 1 aliphatic rings. The quantitative estimate of drug-likeness (QED) is 0.782. The van der Waals surface area contributed by atoms with Crippen molar-refractivity contribution in [3.05, 3.63) is 47.3 Å². The number of hydrogen-bond donors (Lipinski definition) is 2. The minimum absolute atomic E-state index is 0.0175. The van der Waals surface area contributed by atoms with Gasteiger partial charge in [0.05, 0.1) is 18.6 Å². The van der Waals surface area contributed by atoms with Gasteiger partial charge in [-0.05, 0) is 13.3 Å². The number of halogens is 3. The summed E-state index contributed by atoms with van der Waals surface area (Å²) in [5.74, 6) is -4.71. The standard InChI is InChI=1S/C18H20F3N5O2/c1-3-10(2)23-17(27)16-14-8-25(4-5-26(14)9-22-16)18(28)24-11-6-12(19)15(21)13(20)7-11/h6-7,9-10H,3-5,8H2,1-2H3,(H,23,27)(H,24,28). The average Bonchev–Trinajstić information content (AvgIpc) is 3.09. The third-order valence-electron chi connectivity index (χ3n) is 4.62. The number of nitrogens with zero attached hydrogens (tertiary/aromatic N) is 3. The minimum Gasteiger partial charge on any atom is -0.348 e. The van der Waals surface area contributed by atoms with E-state index in [1.165, 1.54) is 4.90 Å². The second-order valence-electron chi connectivity index (χ2n) is 6.62. The van der Waals surface area contributed by atoms with Gasteiger partial charge in [-0.1, -0.05) is 6.92 Å². The lowest BCUT2D eigenvalue weighted by atomic mass is 10.2. The van der Waals surface area contributed by atoms with Crippen molar-refractivity contribution in [2.24, 2.45) is 0 Å². The molecule has 1 unspecified atom stereocenters. The molecule has 0 saturated carbocycles. The van der Waals surface area contributed by atoms with E-state index in [0.717, 1.165) is 6.42 Å². The van der Waals surface area contributed by atoms with Crippen molar-refractivity contribution in [2.75, 3.05) is 11.9 Å². The molecule has 0 spiro atoms. The summed E-state index contributed by atoms with van der Waals surface area (Å²) in [6.07, 6.45) is 2.31. The molecule has 150 valence electrons. The summed E-state index contributed by atoms with van der Waals surface area (Å²) in [7, 11) is 0. The lowest BCUT2D eigenvalue weighted by Crippen LogP contribution is -2.41. The second kappa shape index (κ2) is 7.91. The first-order valence-corrected chi connectivity index (χ1v) is 8.85. The van der Waals surface area contributed by atoms with Crippen molar-refractivity contribution >= 4 is 17.6 Å². The molecule has 3 amide bonds. The lowest BCUT2D eigenvalue weighted by Gasteiger charge is -2.29. The van der Waals surface area contributed by atoms with Gasteiger partial charge in [-0.15, -0.1) is 0 Å². The molecule has 0 saturated heterocycles. The molecule has 2 heterocycles. The number of aromatic nitrogens is 2. The van der Waals surface area contributed by atoms with Gasteiger partial charge in [0.2, 0.25) is 0 Å². The van der Waals surface area contributed by atoms with Crippen LogP contribution in [0.25, 0.3) is 0 Å². The molecule has 0 radical (unpaired) electrons. The SMILES string of the molecule is CCC(C)NC(=O)c1ncn2c1CN(C(=O)Nc1cc(F)c(F)c(F)c1)CC2. The molecular weight excluding hydrogens is 375 g/mol. The second-order valence-corrected chi connectivity index (χ2v) is 6.62. The third kappa shape index (κ3) is 3.95. The first kappa shape index (κ1) is 19.7. The van der Waals surface area contributed by atoms with Gasteiger partial charge >= 0.3 is 6.03 Å². The number of urea groups is 1. The van der Waals surface area contributed by atoms with Crippen LogP contribution in [-0.4, -0.2) is 39.0 Å². The van der Waals surface area contributed by atoms with Crippen LogP contribution in [0.2, 0.25) is 0 Å². The van der Waals surface area contributed by atoms with E-state index in [1.54, 1.807) is 10.9 Å². The molecule has 1 atom stereocenters. The highest BCUT2D eigenvalue weighted by atomic mass is 19.2. The highest BCUT2D eigenvalue weighted by Crippen LogP contribution is 2.20. The van der Waals surface area contributed by atoms with Gasteiger partial charge in [-0.3, -0.25) is 4.79 Å². The van der Waals surface area contributed by atoms with Crippen LogP contribution in [0.5, 0.6) is 0 Å². The fourth-order valence-corrected chi connectivity index (χ4v) is 2.84. The Balaban J connectivity index is 1.73. The molecule has 0 fully saturated rings. The van der Waals surface area contributed by atoms with Crippen LogP contribution in [0.3, 0.4) is 0 Å². The Bertz CT molecular complexity index is 892. The van der Waals surface area contributed by atoms with Crippen LogP contribution in [0.4, 0.5) is 23.7 Å². The van der Waals surface area contributed by atoms with E-state index in [0.29, 0.717) is 30.9 Å². The first-order chi connectivity index (χ1) is 13.3. The maximum Gasteiger partial charge on any atom is 0.322 e. The zero-order valence-corrected chi connectivity index (χ0v) is 15.4. The minimum atomic E-state index is -1.60. The number of benzene rings is 1. The molecule has 0 aliphatic carbocycles. The monoisotopic (exact) mass is 395 g/mol. The van der Waals surface area contributed by atoms with Gasteiger partial charge < -0.3 is 20.1 Å². The maximum absolute atomic E-state index is 13.3. The Kier molecular flexibility index (Phi) is 5.57. The summed E-state index contributed by atoms with van der Waals surface area (Å²) in [6.45, 7) is 4.65. The van der Waals surface area contributed by atoms with Gasteiger partial charge in [0.15, 0.2) is 23.1 Å². The molecule has 1 aromatic carbocycles. The largest absolute Gasteiger partial charge is 0.348 e. The number of carbonyl (C=O) groups excluding carboxylic acids is 2. The van der Waals surface area contributed by atoms with E-state index in [9.17, 15) is 22.8 Å². The van der Waals surface area contributed by atoms with Crippen LogP contribution in [-0.2, 0) is 13.1 Å². The predicted octanol–water partition coefficient (Wildman–Crippen LogP) is 2.88. The van der Waals surface area contributed by atoms with E-state index in [1.807, 2.05) is 13.8 Å². The molecule has 1 aromatic heterocycles. The van der Waals surface area contributed by atoms with E-state index >= 15 is 0 Å². The molecule has 0 bridgehead atoms. The number of hydrogen-bond acceptors (Lipinski definition) is 3. The molecule has 28 heavy (non-hydrogen) atoms. The van der Waals surface area contributed by atoms with Gasteiger partial charge in [0, 0.05) is 37.0 Å². The highest BCUT2D eigenvalue weighted by Gasteiger charge is 2.27. The van der Waals surface area contributed by atoms with Crippen molar-refractivity contribution in [1.82, 2.24) is 19.8 Å². The van der Waals surface area contributed by atoms with Gasteiger partial charge in [0.1, 0.15) is 0 Å². The molecule has 1 aliphatic heterocycles. The van der Waals surface area contributed by atoms with Crippen molar-refractivity contribution in [3.63, 3.8) is 0 Å². The number of amides is 3. The number of anilines is 1. The zero-order chi connectivity index (χ0) is 20.4.